The van der Waals surface area contributed by atoms with E-state index in [1.165, 1.54) is 25.7 Å². The van der Waals surface area contributed by atoms with Gasteiger partial charge in [-0.05, 0) is 87.4 Å². The third-order valence-corrected chi connectivity index (χ3v) is 12.1. The summed E-state index contributed by atoms with van der Waals surface area (Å²) in [5.41, 5.74) is -0.392. The van der Waals surface area contributed by atoms with E-state index in [4.69, 9.17) is 4.74 Å². The molecule has 3 nitrogen and oxygen atoms in total. The fourth-order valence-electron chi connectivity index (χ4n) is 9.93. The van der Waals surface area contributed by atoms with Gasteiger partial charge in [0.05, 0.1) is 23.9 Å². The number of hydrogen-bond donors (Lipinski definition) is 2. The third-order valence-electron chi connectivity index (χ3n) is 12.1. The van der Waals surface area contributed by atoms with Crippen LogP contribution in [0.3, 0.4) is 0 Å². The van der Waals surface area contributed by atoms with Crippen molar-refractivity contribution in [3.63, 3.8) is 0 Å². The Balaban J connectivity index is 1.47. The van der Waals surface area contributed by atoms with E-state index >= 15 is 0 Å². The van der Waals surface area contributed by atoms with Gasteiger partial charge in [0, 0.05) is 16.7 Å². The van der Waals surface area contributed by atoms with Gasteiger partial charge in [0.15, 0.2) is 0 Å². The maximum absolute atomic E-state index is 10.9. The summed E-state index contributed by atoms with van der Waals surface area (Å²) in [7, 11) is 0. The van der Waals surface area contributed by atoms with Crippen LogP contribution < -0.4 is 0 Å². The van der Waals surface area contributed by atoms with Crippen molar-refractivity contribution in [1.82, 2.24) is 0 Å². The Labute approximate surface area is 202 Å². The lowest BCUT2D eigenvalue weighted by atomic mass is 9.38. The van der Waals surface area contributed by atoms with E-state index < -0.39 is 5.60 Å². The Kier molecular flexibility index (Phi) is 5.25. The Hall–Kier alpha value is -0.640. The van der Waals surface area contributed by atoms with Crippen molar-refractivity contribution in [2.45, 2.75) is 111 Å². The van der Waals surface area contributed by atoms with Crippen molar-refractivity contribution in [2.75, 3.05) is 6.61 Å². The van der Waals surface area contributed by atoms with Crippen LogP contribution in [0, 0.1) is 45.3 Å². The summed E-state index contributed by atoms with van der Waals surface area (Å²) >= 11 is 0. The zero-order valence-corrected chi connectivity index (χ0v) is 22.2. The van der Waals surface area contributed by atoms with Gasteiger partial charge in [-0.25, -0.2) is 0 Å². The Bertz CT molecular complexity index is 851. The molecule has 4 aliphatic carbocycles. The van der Waals surface area contributed by atoms with Crippen LogP contribution in [0.4, 0.5) is 0 Å². The first kappa shape index (κ1) is 24.1. The number of fused-ring (bicyclic) bond motifs is 2. The number of hydrogen-bond acceptors (Lipinski definition) is 3. The van der Waals surface area contributed by atoms with Gasteiger partial charge in [-0.15, -0.1) is 0 Å². The molecule has 0 amide bonds. The van der Waals surface area contributed by atoms with Crippen molar-refractivity contribution < 1.29 is 14.9 Å². The van der Waals surface area contributed by atoms with Crippen LogP contribution >= 0.6 is 0 Å². The van der Waals surface area contributed by atoms with Gasteiger partial charge in [0.25, 0.3) is 0 Å². The third kappa shape index (κ3) is 2.97. The van der Waals surface area contributed by atoms with E-state index in [-0.39, 0.29) is 22.5 Å². The monoisotopic (exact) mass is 456 g/mol. The molecule has 1 aliphatic heterocycles. The Morgan fingerprint density at radius 1 is 1.06 bits per heavy atom. The normalized spacial score (nSPS) is 51.3. The van der Waals surface area contributed by atoms with Gasteiger partial charge < -0.3 is 14.9 Å². The van der Waals surface area contributed by atoms with Crippen LogP contribution in [-0.2, 0) is 4.74 Å². The highest BCUT2D eigenvalue weighted by Gasteiger charge is 2.75. The summed E-state index contributed by atoms with van der Waals surface area (Å²) < 4.78 is 6.82. The number of ether oxygens (including phenoxy) is 1. The first-order valence-corrected chi connectivity index (χ1v) is 13.7. The fourth-order valence-corrected chi connectivity index (χ4v) is 9.93. The fraction of sp³-hybridized carbons (Fsp3) is 0.867. The molecule has 2 N–H and O–H groups in total. The number of aliphatic hydroxyl groups is 2. The van der Waals surface area contributed by atoms with Gasteiger partial charge >= 0.3 is 0 Å². The summed E-state index contributed by atoms with van der Waals surface area (Å²) in [6.07, 6.45) is 17.1. The molecule has 3 heteroatoms. The Morgan fingerprint density at radius 3 is 2.48 bits per heavy atom. The number of rotatable bonds is 4. The zero-order valence-electron chi connectivity index (χ0n) is 22.2. The van der Waals surface area contributed by atoms with E-state index in [1.807, 2.05) is 19.9 Å². The smallest absolute Gasteiger partial charge is 0.0972 e. The summed E-state index contributed by atoms with van der Waals surface area (Å²) in [4.78, 5) is 0. The quantitative estimate of drug-likeness (QED) is 0.488. The highest BCUT2D eigenvalue weighted by molar-refractivity contribution is 5.33. The molecule has 0 unspecified atom stereocenters. The lowest BCUT2D eigenvalue weighted by molar-refractivity contribution is -0.168. The van der Waals surface area contributed by atoms with Crippen molar-refractivity contribution >= 4 is 0 Å². The minimum absolute atomic E-state index is 0.234. The van der Waals surface area contributed by atoms with Crippen LogP contribution in [0.2, 0.25) is 0 Å². The summed E-state index contributed by atoms with van der Waals surface area (Å²) in [5.74, 6) is 2.45. The molecule has 1 heterocycles. The minimum Gasteiger partial charge on any atom is -0.392 e. The molecule has 0 radical (unpaired) electrons. The topological polar surface area (TPSA) is 49.7 Å². The van der Waals surface area contributed by atoms with Gasteiger partial charge in [0.2, 0.25) is 0 Å². The molecule has 0 aromatic heterocycles. The molecular weight excluding hydrogens is 408 g/mol. The first-order chi connectivity index (χ1) is 15.2. The van der Waals surface area contributed by atoms with Gasteiger partial charge in [-0.1, -0.05) is 58.9 Å². The van der Waals surface area contributed by atoms with Crippen LogP contribution in [0.5, 0.6) is 0 Å². The van der Waals surface area contributed by atoms with Gasteiger partial charge in [0.1, 0.15) is 0 Å². The predicted octanol–water partition coefficient (Wildman–Crippen LogP) is 6.29. The summed E-state index contributed by atoms with van der Waals surface area (Å²) in [6.45, 7) is 16.7. The molecule has 2 bridgehead atoms. The molecule has 0 aromatic rings. The van der Waals surface area contributed by atoms with E-state index in [2.05, 4.69) is 52.8 Å². The second-order valence-electron chi connectivity index (χ2n) is 14.3. The largest absolute Gasteiger partial charge is 0.392 e. The van der Waals surface area contributed by atoms with E-state index in [0.29, 0.717) is 28.6 Å². The van der Waals surface area contributed by atoms with Crippen molar-refractivity contribution in [3.8, 4) is 0 Å². The lowest BCUT2D eigenvalue weighted by Crippen LogP contribution is -2.64. The molecule has 186 valence electrons. The van der Waals surface area contributed by atoms with Crippen molar-refractivity contribution in [1.29, 1.82) is 0 Å². The molecule has 9 atom stereocenters. The van der Waals surface area contributed by atoms with E-state index in [1.54, 1.807) is 0 Å². The van der Waals surface area contributed by atoms with Crippen molar-refractivity contribution in [2.24, 2.45) is 45.3 Å². The molecule has 5 rings (SSSR count). The lowest BCUT2D eigenvalue weighted by Gasteiger charge is -2.65. The molecule has 1 saturated heterocycles. The number of allylic oxidation sites excluding steroid dienone is 2. The van der Waals surface area contributed by atoms with E-state index in [9.17, 15) is 10.2 Å². The molecule has 0 aromatic carbocycles. The maximum atomic E-state index is 10.9. The maximum Gasteiger partial charge on any atom is 0.0972 e. The molecule has 4 fully saturated rings. The first-order valence-electron chi connectivity index (χ1n) is 13.7. The number of aliphatic hydroxyl groups excluding tert-OH is 1. The van der Waals surface area contributed by atoms with Gasteiger partial charge in [-0.3, -0.25) is 0 Å². The molecular formula is C30H48O3. The average Bonchev–Trinajstić information content (AvgIpc) is 3.11. The van der Waals surface area contributed by atoms with Crippen LogP contribution in [0.1, 0.15) is 93.4 Å². The molecule has 1 spiro atoms. The zero-order chi connectivity index (χ0) is 24.1. The average molecular weight is 457 g/mol. The highest BCUT2D eigenvalue weighted by atomic mass is 16.5. The second kappa shape index (κ2) is 7.20. The Morgan fingerprint density at radius 2 is 1.79 bits per heavy atom. The van der Waals surface area contributed by atoms with E-state index in [0.717, 1.165) is 31.8 Å². The molecule has 5 aliphatic rings. The standard InChI is InChI=1S/C30H48O3/c1-20(9-8-14-25(2,3)32)21-12-15-28(7)22-13-16-30-23(10-11-24(31)26(30,4)5)29(22,19-33-30)18-17-27(21,28)6/h8,13-14,16,20-24,31-32H,9-12,15,17-19H2,1-7H3/t20-,21+,22+,23+,24+,27-,28+,29+,30-/m1/s1. The SMILES string of the molecule is C[C@H](CC=CC(C)(C)O)[C@@H]1CC[C@@]2(C)[C@@H]3C=C[C@@]45OC[C@]3(CC[C@]12C)[C@@H]4CC[C@H](O)C5(C)C. The van der Waals surface area contributed by atoms with Crippen LogP contribution in [0.25, 0.3) is 0 Å². The van der Waals surface area contributed by atoms with Gasteiger partial charge in [-0.2, -0.15) is 0 Å². The van der Waals surface area contributed by atoms with Crippen LogP contribution in [0.15, 0.2) is 24.3 Å². The highest BCUT2D eigenvalue weighted by Crippen LogP contribution is 2.77. The molecule has 3 saturated carbocycles. The molecule has 33 heavy (non-hydrogen) atoms. The summed E-state index contributed by atoms with van der Waals surface area (Å²) in [5, 5.41) is 21.0. The minimum atomic E-state index is -0.728. The van der Waals surface area contributed by atoms with Crippen LogP contribution in [-0.4, -0.2) is 34.1 Å². The predicted molar refractivity (Wildman–Crippen MR) is 134 cm³/mol. The second-order valence-corrected chi connectivity index (χ2v) is 14.3. The van der Waals surface area contributed by atoms with Crippen molar-refractivity contribution in [3.05, 3.63) is 24.3 Å². The summed E-state index contributed by atoms with van der Waals surface area (Å²) in [6, 6.07) is 0.